The first-order chi connectivity index (χ1) is 11.6. The summed E-state index contributed by atoms with van der Waals surface area (Å²) in [6.07, 6.45) is 0. The summed E-state index contributed by atoms with van der Waals surface area (Å²) in [5.74, 6) is -0.524. The zero-order valence-electron chi connectivity index (χ0n) is 13.4. The molecule has 25 heavy (non-hydrogen) atoms. The third-order valence-electron chi connectivity index (χ3n) is 3.62. The highest BCUT2D eigenvalue weighted by Crippen LogP contribution is 2.26. The Morgan fingerprint density at radius 1 is 1.04 bits per heavy atom. The van der Waals surface area contributed by atoms with Crippen molar-refractivity contribution in [2.75, 3.05) is 12.4 Å². The standard InChI is InChI=1S/C19H16N2O3.CH4/c1-12(22)20-14-9-7-13(8-10-14)18-11-16(19(23)24-2)15-5-3-4-6-17(15)21-18;/h3-11H,1-2H3,(H,20,22);1H4. The lowest BCUT2D eigenvalue weighted by atomic mass is 10.0. The van der Waals surface area contributed by atoms with Crippen LogP contribution < -0.4 is 5.32 Å². The van der Waals surface area contributed by atoms with Gasteiger partial charge in [0.1, 0.15) is 0 Å². The molecule has 0 saturated carbocycles. The first-order valence-electron chi connectivity index (χ1n) is 7.44. The van der Waals surface area contributed by atoms with E-state index in [2.05, 4.69) is 10.3 Å². The van der Waals surface area contributed by atoms with Crippen LogP contribution in [0.3, 0.4) is 0 Å². The van der Waals surface area contributed by atoms with Gasteiger partial charge >= 0.3 is 5.97 Å². The van der Waals surface area contributed by atoms with Gasteiger partial charge in [-0.15, -0.1) is 0 Å². The Hall–Kier alpha value is -3.21. The Balaban J connectivity index is 0.00000225. The summed E-state index contributed by atoms with van der Waals surface area (Å²) in [6, 6.07) is 16.5. The molecule has 5 heteroatoms. The van der Waals surface area contributed by atoms with E-state index in [0.717, 1.165) is 16.5 Å². The fourth-order valence-corrected chi connectivity index (χ4v) is 2.53. The van der Waals surface area contributed by atoms with Crippen molar-refractivity contribution in [3.63, 3.8) is 0 Å². The fourth-order valence-electron chi connectivity index (χ4n) is 2.53. The molecule has 3 rings (SSSR count). The second-order valence-electron chi connectivity index (χ2n) is 5.32. The van der Waals surface area contributed by atoms with E-state index in [1.165, 1.54) is 14.0 Å². The van der Waals surface area contributed by atoms with Crippen molar-refractivity contribution in [1.82, 2.24) is 4.98 Å². The molecule has 2 aromatic carbocycles. The monoisotopic (exact) mass is 336 g/mol. The summed E-state index contributed by atoms with van der Waals surface area (Å²) in [7, 11) is 1.36. The van der Waals surface area contributed by atoms with Crippen molar-refractivity contribution in [3.8, 4) is 11.3 Å². The van der Waals surface area contributed by atoms with Crippen LogP contribution in [0, 0.1) is 0 Å². The molecule has 1 heterocycles. The number of hydrogen-bond acceptors (Lipinski definition) is 4. The number of carbonyl (C=O) groups is 2. The number of ether oxygens (including phenoxy) is 1. The van der Waals surface area contributed by atoms with E-state index in [1.54, 1.807) is 18.2 Å². The molecule has 0 radical (unpaired) electrons. The van der Waals surface area contributed by atoms with Crippen molar-refractivity contribution in [1.29, 1.82) is 0 Å². The zero-order valence-corrected chi connectivity index (χ0v) is 13.4. The Labute approximate surface area is 146 Å². The number of carbonyl (C=O) groups excluding carboxylic acids is 2. The molecular weight excluding hydrogens is 316 g/mol. The summed E-state index contributed by atoms with van der Waals surface area (Å²) >= 11 is 0. The van der Waals surface area contributed by atoms with Gasteiger partial charge in [0.15, 0.2) is 0 Å². The lowest BCUT2D eigenvalue weighted by Gasteiger charge is -2.09. The molecule has 1 N–H and O–H groups in total. The van der Waals surface area contributed by atoms with Crippen LogP contribution in [0.5, 0.6) is 0 Å². The van der Waals surface area contributed by atoms with Gasteiger partial charge < -0.3 is 10.1 Å². The van der Waals surface area contributed by atoms with Crippen molar-refractivity contribution in [2.45, 2.75) is 14.4 Å². The number of anilines is 1. The van der Waals surface area contributed by atoms with E-state index < -0.39 is 5.97 Å². The van der Waals surface area contributed by atoms with Gasteiger partial charge in [-0.1, -0.05) is 37.8 Å². The second-order valence-corrected chi connectivity index (χ2v) is 5.32. The van der Waals surface area contributed by atoms with Gasteiger partial charge in [-0.3, -0.25) is 4.79 Å². The minimum atomic E-state index is -0.398. The second kappa shape index (κ2) is 7.57. The third kappa shape index (κ3) is 3.83. The van der Waals surface area contributed by atoms with E-state index >= 15 is 0 Å². The number of hydrogen-bond donors (Lipinski definition) is 1. The Kier molecular flexibility index (Phi) is 5.49. The summed E-state index contributed by atoms with van der Waals surface area (Å²) < 4.78 is 4.88. The van der Waals surface area contributed by atoms with Crippen molar-refractivity contribution in [3.05, 3.63) is 60.2 Å². The number of methoxy groups -OCH3 is 1. The van der Waals surface area contributed by atoms with Crippen molar-refractivity contribution < 1.29 is 14.3 Å². The maximum absolute atomic E-state index is 12.1. The highest BCUT2D eigenvalue weighted by molar-refractivity contribution is 6.04. The average Bonchev–Trinajstić information content (AvgIpc) is 2.60. The normalized spacial score (nSPS) is 10.0. The molecule has 5 nitrogen and oxygen atoms in total. The van der Waals surface area contributed by atoms with Gasteiger partial charge in [-0.05, 0) is 24.3 Å². The predicted octanol–water partition coefficient (Wildman–Crippen LogP) is 4.28. The minimum Gasteiger partial charge on any atom is -0.465 e. The largest absolute Gasteiger partial charge is 0.465 e. The zero-order chi connectivity index (χ0) is 17.1. The van der Waals surface area contributed by atoms with Crippen LogP contribution in [0.15, 0.2) is 54.6 Å². The highest BCUT2D eigenvalue weighted by Gasteiger charge is 2.14. The number of pyridine rings is 1. The summed E-state index contributed by atoms with van der Waals surface area (Å²) in [5, 5.41) is 3.47. The van der Waals surface area contributed by atoms with Gasteiger partial charge in [0, 0.05) is 23.6 Å². The van der Waals surface area contributed by atoms with Gasteiger partial charge in [0.05, 0.1) is 23.9 Å². The minimum absolute atomic E-state index is 0. The highest BCUT2D eigenvalue weighted by atomic mass is 16.5. The summed E-state index contributed by atoms with van der Waals surface area (Å²) in [6.45, 7) is 1.46. The van der Waals surface area contributed by atoms with Crippen LogP contribution in [-0.2, 0) is 9.53 Å². The lowest BCUT2D eigenvalue weighted by molar-refractivity contribution is -0.114. The molecule has 0 aliphatic heterocycles. The molecule has 0 aliphatic rings. The SMILES string of the molecule is C.COC(=O)c1cc(-c2ccc(NC(C)=O)cc2)nc2ccccc12. The van der Waals surface area contributed by atoms with Crippen LogP contribution in [0.4, 0.5) is 5.69 Å². The van der Waals surface area contributed by atoms with Crippen LogP contribution in [0.2, 0.25) is 0 Å². The predicted molar refractivity (Wildman–Crippen MR) is 99.6 cm³/mol. The molecular formula is C20H20N2O3. The summed E-state index contributed by atoms with van der Waals surface area (Å²) in [4.78, 5) is 27.8. The van der Waals surface area contributed by atoms with Crippen LogP contribution in [-0.4, -0.2) is 24.0 Å². The first-order valence-corrected chi connectivity index (χ1v) is 7.44. The smallest absolute Gasteiger partial charge is 0.338 e. The van der Waals surface area contributed by atoms with Crippen LogP contribution >= 0.6 is 0 Å². The number of para-hydroxylation sites is 1. The fraction of sp³-hybridized carbons (Fsp3) is 0.150. The molecule has 0 spiro atoms. The molecule has 3 aromatic rings. The molecule has 0 fully saturated rings. The number of amides is 1. The Morgan fingerprint density at radius 3 is 2.36 bits per heavy atom. The van der Waals surface area contributed by atoms with E-state index in [1.807, 2.05) is 36.4 Å². The van der Waals surface area contributed by atoms with Gasteiger partial charge in [0.2, 0.25) is 5.91 Å². The van der Waals surface area contributed by atoms with Crippen LogP contribution in [0.25, 0.3) is 22.2 Å². The third-order valence-corrected chi connectivity index (χ3v) is 3.62. The van der Waals surface area contributed by atoms with E-state index in [9.17, 15) is 9.59 Å². The number of nitrogens with zero attached hydrogens (tertiary/aromatic N) is 1. The number of esters is 1. The van der Waals surface area contributed by atoms with Gasteiger partial charge in [-0.2, -0.15) is 0 Å². The van der Waals surface area contributed by atoms with E-state index in [4.69, 9.17) is 4.74 Å². The molecule has 1 amide bonds. The molecule has 0 saturated heterocycles. The first kappa shape index (κ1) is 18.1. The maximum Gasteiger partial charge on any atom is 0.338 e. The number of aromatic nitrogens is 1. The quantitative estimate of drug-likeness (QED) is 0.725. The molecule has 1 aromatic heterocycles. The van der Waals surface area contributed by atoms with E-state index in [0.29, 0.717) is 16.9 Å². The molecule has 128 valence electrons. The Bertz CT molecular complexity index is 918. The van der Waals surface area contributed by atoms with Crippen molar-refractivity contribution >= 4 is 28.5 Å². The number of benzene rings is 2. The maximum atomic E-state index is 12.1. The Morgan fingerprint density at radius 2 is 1.72 bits per heavy atom. The molecule has 0 bridgehead atoms. The van der Waals surface area contributed by atoms with Gasteiger partial charge in [0.25, 0.3) is 0 Å². The summed E-state index contributed by atoms with van der Waals surface area (Å²) in [5.41, 5.74) is 3.43. The van der Waals surface area contributed by atoms with E-state index in [-0.39, 0.29) is 13.3 Å². The lowest BCUT2D eigenvalue weighted by Crippen LogP contribution is -2.05. The van der Waals surface area contributed by atoms with Crippen molar-refractivity contribution in [2.24, 2.45) is 0 Å². The number of nitrogens with one attached hydrogen (secondary N) is 1. The molecule has 0 aliphatic carbocycles. The molecule has 0 unspecified atom stereocenters. The number of rotatable bonds is 3. The average molecular weight is 336 g/mol. The topological polar surface area (TPSA) is 68.3 Å². The van der Waals surface area contributed by atoms with Crippen LogP contribution in [0.1, 0.15) is 24.7 Å². The number of fused-ring (bicyclic) bond motifs is 1. The molecule has 0 atom stereocenters. The van der Waals surface area contributed by atoms with Gasteiger partial charge in [-0.25, -0.2) is 9.78 Å².